The number of fused-ring (bicyclic) bond motifs is 1. The van der Waals surface area contributed by atoms with E-state index in [0.29, 0.717) is 40.0 Å². The molecule has 10 heteroatoms. The molecule has 0 bridgehead atoms. The number of rotatable bonds is 6. The number of hydrogen-bond donors (Lipinski definition) is 1. The van der Waals surface area contributed by atoms with Gasteiger partial charge in [-0.3, -0.25) is 14.2 Å². The smallest absolute Gasteiger partial charge is 0.319 e. The van der Waals surface area contributed by atoms with Crippen LogP contribution in [-0.4, -0.2) is 30.5 Å². The Labute approximate surface area is 204 Å². The maximum Gasteiger partial charge on any atom is 0.416 e. The number of nitrogens with one attached hydrogen (secondary N) is 1. The first kappa shape index (κ1) is 23.3. The van der Waals surface area contributed by atoms with E-state index in [1.807, 2.05) is 37.4 Å². The fraction of sp³-hybridized carbons (Fsp3) is 0.154. The molecule has 0 saturated heterocycles. The van der Waals surface area contributed by atoms with Crippen LogP contribution >= 0.6 is 0 Å². The molecule has 0 atom stereocenters. The van der Waals surface area contributed by atoms with Crippen LogP contribution in [0.3, 0.4) is 0 Å². The molecule has 0 aliphatic carbocycles. The molecule has 2 aromatic carbocycles. The summed E-state index contributed by atoms with van der Waals surface area (Å²) in [6.07, 6.45) is 2.20. The number of benzene rings is 2. The van der Waals surface area contributed by atoms with Gasteiger partial charge in [-0.15, -0.1) is 0 Å². The zero-order chi connectivity index (χ0) is 25.3. The van der Waals surface area contributed by atoms with E-state index in [1.165, 1.54) is 16.9 Å². The zero-order valence-electron chi connectivity index (χ0n) is 19.2. The van der Waals surface area contributed by atoms with E-state index in [2.05, 4.69) is 20.5 Å². The Balaban J connectivity index is 1.39. The van der Waals surface area contributed by atoms with Gasteiger partial charge in [-0.2, -0.15) is 23.4 Å². The molecule has 36 heavy (non-hydrogen) atoms. The number of amides is 1. The van der Waals surface area contributed by atoms with Crippen LogP contribution in [0.4, 0.5) is 18.9 Å². The van der Waals surface area contributed by atoms with Gasteiger partial charge in [0, 0.05) is 29.9 Å². The Morgan fingerprint density at radius 1 is 0.972 bits per heavy atom. The highest BCUT2D eigenvalue weighted by Gasteiger charge is 2.30. The van der Waals surface area contributed by atoms with Crippen LogP contribution < -0.4 is 5.32 Å². The van der Waals surface area contributed by atoms with Crippen molar-refractivity contribution in [1.29, 1.82) is 0 Å². The van der Waals surface area contributed by atoms with Crippen molar-refractivity contribution >= 4 is 22.5 Å². The van der Waals surface area contributed by atoms with Gasteiger partial charge in [0.25, 0.3) is 5.91 Å². The molecule has 1 N–H and O–H groups in total. The number of alkyl halides is 3. The number of nitrogens with zero attached hydrogens (tertiary/aromatic N) is 5. The van der Waals surface area contributed by atoms with Crippen LogP contribution in [0.25, 0.3) is 22.2 Å². The van der Waals surface area contributed by atoms with Gasteiger partial charge in [0.05, 0.1) is 47.0 Å². The molecular weight excluding hydrogens is 469 g/mol. The van der Waals surface area contributed by atoms with E-state index in [4.69, 9.17) is 0 Å². The van der Waals surface area contributed by atoms with Crippen molar-refractivity contribution in [1.82, 2.24) is 24.5 Å². The minimum atomic E-state index is -4.42. The second-order valence-corrected chi connectivity index (χ2v) is 8.24. The summed E-state index contributed by atoms with van der Waals surface area (Å²) in [7, 11) is 0. The second-order valence-electron chi connectivity index (χ2n) is 8.24. The van der Waals surface area contributed by atoms with E-state index in [1.54, 1.807) is 29.2 Å². The largest absolute Gasteiger partial charge is 0.416 e. The van der Waals surface area contributed by atoms with Crippen molar-refractivity contribution in [3.63, 3.8) is 0 Å². The lowest BCUT2D eigenvalue weighted by Gasteiger charge is -2.09. The monoisotopic (exact) mass is 490 g/mol. The average Bonchev–Trinajstić information content (AvgIpc) is 3.52. The van der Waals surface area contributed by atoms with Crippen molar-refractivity contribution in [2.45, 2.75) is 26.2 Å². The van der Waals surface area contributed by atoms with Crippen molar-refractivity contribution in [2.24, 2.45) is 0 Å². The standard InChI is InChI=1S/C26H21F3N6O/c1-2-34-15-18(12-30-34)24-11-22(21-8-3-4-9-23(21)33-24)25(36)32-20-13-31-35(16-20)14-17-6-5-7-19(10-17)26(27,28)29/h3-13,15-16H,2,14H2,1H3,(H,32,36). The number of hydrogen-bond acceptors (Lipinski definition) is 4. The normalized spacial score (nSPS) is 11.7. The molecule has 3 heterocycles. The first-order valence-electron chi connectivity index (χ1n) is 11.2. The van der Waals surface area contributed by atoms with Crippen LogP contribution in [0, 0.1) is 0 Å². The molecule has 1 amide bonds. The van der Waals surface area contributed by atoms with Gasteiger partial charge in [0.2, 0.25) is 0 Å². The first-order valence-corrected chi connectivity index (χ1v) is 11.2. The SMILES string of the molecule is CCn1cc(-c2cc(C(=O)Nc3cnn(Cc4cccc(C(F)(F)F)c4)c3)c3ccccc3n2)cn1. The number of carbonyl (C=O) groups excluding carboxylic acids is 1. The third-order valence-corrected chi connectivity index (χ3v) is 5.70. The summed E-state index contributed by atoms with van der Waals surface area (Å²) >= 11 is 0. The molecule has 3 aromatic heterocycles. The van der Waals surface area contributed by atoms with Crippen LogP contribution in [-0.2, 0) is 19.3 Å². The van der Waals surface area contributed by atoms with Crippen molar-refractivity contribution < 1.29 is 18.0 Å². The number of anilines is 1. The van der Waals surface area contributed by atoms with Crippen molar-refractivity contribution in [3.05, 3.63) is 96.1 Å². The molecule has 5 aromatic rings. The maximum atomic E-state index is 13.3. The Morgan fingerprint density at radius 3 is 2.56 bits per heavy atom. The number of aryl methyl sites for hydroxylation is 1. The fourth-order valence-electron chi connectivity index (χ4n) is 3.93. The number of para-hydroxylation sites is 1. The Bertz CT molecular complexity index is 1550. The van der Waals surface area contributed by atoms with Gasteiger partial charge >= 0.3 is 6.18 Å². The lowest BCUT2D eigenvalue weighted by Crippen LogP contribution is -2.12. The molecule has 0 aliphatic rings. The van der Waals surface area contributed by atoms with Gasteiger partial charge in [0.1, 0.15) is 0 Å². The topological polar surface area (TPSA) is 77.6 Å². The molecule has 0 saturated carbocycles. The van der Waals surface area contributed by atoms with Gasteiger partial charge < -0.3 is 5.32 Å². The zero-order valence-corrected chi connectivity index (χ0v) is 19.2. The van der Waals surface area contributed by atoms with E-state index >= 15 is 0 Å². The average molecular weight is 490 g/mol. The molecule has 0 aliphatic heterocycles. The Hall–Kier alpha value is -4.47. The van der Waals surface area contributed by atoms with E-state index in [9.17, 15) is 18.0 Å². The quantitative estimate of drug-likeness (QED) is 0.335. The Kier molecular flexibility index (Phi) is 6.01. The lowest BCUT2D eigenvalue weighted by molar-refractivity contribution is -0.137. The fourth-order valence-corrected chi connectivity index (χ4v) is 3.93. The highest BCUT2D eigenvalue weighted by Crippen LogP contribution is 2.30. The summed E-state index contributed by atoms with van der Waals surface area (Å²) in [4.78, 5) is 18.0. The lowest BCUT2D eigenvalue weighted by atomic mass is 10.0. The third-order valence-electron chi connectivity index (χ3n) is 5.70. The van der Waals surface area contributed by atoms with Gasteiger partial charge in [0.15, 0.2) is 0 Å². The molecule has 0 fully saturated rings. The molecule has 7 nitrogen and oxygen atoms in total. The van der Waals surface area contributed by atoms with Gasteiger partial charge in [-0.05, 0) is 36.8 Å². The van der Waals surface area contributed by atoms with Gasteiger partial charge in [-0.1, -0.05) is 30.3 Å². The van der Waals surface area contributed by atoms with Crippen LogP contribution in [0.2, 0.25) is 0 Å². The summed E-state index contributed by atoms with van der Waals surface area (Å²) in [5.74, 6) is -0.351. The summed E-state index contributed by atoms with van der Waals surface area (Å²) in [6.45, 7) is 2.83. The molecule has 5 rings (SSSR count). The highest BCUT2D eigenvalue weighted by molar-refractivity contribution is 6.13. The summed E-state index contributed by atoms with van der Waals surface area (Å²) in [6, 6.07) is 14.2. The predicted molar refractivity (Wildman–Crippen MR) is 129 cm³/mol. The molecule has 0 radical (unpaired) electrons. The summed E-state index contributed by atoms with van der Waals surface area (Å²) in [5, 5.41) is 12.0. The van der Waals surface area contributed by atoms with E-state index in [0.717, 1.165) is 17.7 Å². The predicted octanol–water partition coefficient (Wildman–Crippen LogP) is 5.63. The Morgan fingerprint density at radius 2 is 1.78 bits per heavy atom. The second kappa shape index (κ2) is 9.29. The number of carbonyl (C=O) groups is 1. The molecular formula is C26H21F3N6O. The van der Waals surface area contributed by atoms with E-state index < -0.39 is 11.7 Å². The minimum Gasteiger partial charge on any atom is -0.319 e. The summed E-state index contributed by atoms with van der Waals surface area (Å²) < 4.78 is 42.3. The third kappa shape index (κ3) is 4.83. The first-order chi connectivity index (χ1) is 17.3. The molecule has 0 spiro atoms. The minimum absolute atomic E-state index is 0.129. The van der Waals surface area contributed by atoms with Crippen LogP contribution in [0.1, 0.15) is 28.4 Å². The highest BCUT2D eigenvalue weighted by atomic mass is 19.4. The maximum absolute atomic E-state index is 13.3. The summed E-state index contributed by atoms with van der Waals surface area (Å²) in [5.41, 5.74) is 2.68. The van der Waals surface area contributed by atoms with Crippen LogP contribution in [0.5, 0.6) is 0 Å². The number of pyridine rings is 1. The van der Waals surface area contributed by atoms with Crippen LogP contribution in [0.15, 0.2) is 79.4 Å². The van der Waals surface area contributed by atoms with Crippen molar-refractivity contribution in [2.75, 3.05) is 5.32 Å². The van der Waals surface area contributed by atoms with E-state index in [-0.39, 0.29) is 12.5 Å². The molecule has 182 valence electrons. The number of halogens is 3. The van der Waals surface area contributed by atoms with Gasteiger partial charge in [-0.25, -0.2) is 4.98 Å². The van der Waals surface area contributed by atoms with Crippen molar-refractivity contribution in [3.8, 4) is 11.3 Å². The number of aromatic nitrogens is 5. The molecule has 0 unspecified atom stereocenters.